The third-order valence-corrected chi connectivity index (χ3v) is 4.37. The fourth-order valence-corrected chi connectivity index (χ4v) is 3.14. The Kier molecular flexibility index (Phi) is 4.95. The topological polar surface area (TPSA) is 75.2 Å². The minimum Gasteiger partial charge on any atom is -0.477 e. The molecule has 1 heterocycles. The van der Waals surface area contributed by atoms with Crippen LogP contribution in [0.3, 0.4) is 0 Å². The number of aromatic carboxylic acids is 1. The van der Waals surface area contributed by atoms with E-state index >= 15 is 0 Å². The maximum atomic E-state index is 13.7. The van der Waals surface area contributed by atoms with Gasteiger partial charge in [-0.15, -0.1) is 0 Å². The number of aromatic nitrogens is 1. The van der Waals surface area contributed by atoms with E-state index in [0.29, 0.717) is 34.6 Å². The Hall–Kier alpha value is -3.59. The van der Waals surface area contributed by atoms with E-state index in [2.05, 4.69) is 6.07 Å². The molecule has 3 rings (SSSR count). The molecule has 0 atom stereocenters. The zero-order valence-corrected chi connectivity index (χ0v) is 14.9. The number of hydrogen-bond acceptors (Lipinski definition) is 3. The number of rotatable bonds is 5. The van der Waals surface area contributed by atoms with E-state index in [9.17, 15) is 19.6 Å². The predicted octanol–water partition coefficient (Wildman–Crippen LogP) is 4.76. The lowest BCUT2D eigenvalue weighted by molar-refractivity contribution is 0.0687. The number of carboxylic acid groups (broad SMARTS) is 1. The zero-order chi connectivity index (χ0) is 19.6. The second-order valence-corrected chi connectivity index (χ2v) is 5.93. The van der Waals surface area contributed by atoms with Crippen molar-refractivity contribution in [1.29, 1.82) is 5.26 Å². The van der Waals surface area contributed by atoms with Crippen molar-refractivity contribution in [1.82, 2.24) is 4.57 Å². The van der Waals surface area contributed by atoms with E-state index in [1.807, 2.05) is 6.92 Å². The van der Waals surface area contributed by atoms with Crippen molar-refractivity contribution in [3.63, 3.8) is 0 Å². The number of carbonyl (C=O) groups is 1. The summed E-state index contributed by atoms with van der Waals surface area (Å²) >= 11 is 0. The van der Waals surface area contributed by atoms with Gasteiger partial charge in [-0.2, -0.15) is 5.26 Å². The summed E-state index contributed by atoms with van der Waals surface area (Å²) in [5.74, 6) is -1.07. The molecule has 0 unspecified atom stereocenters. The normalized spacial score (nSPS) is 10.4. The Labute approximate surface area is 155 Å². The molecule has 0 spiro atoms. The van der Waals surface area contributed by atoms with Gasteiger partial charge in [-0.05, 0) is 36.2 Å². The van der Waals surface area contributed by atoms with Gasteiger partial charge in [0, 0.05) is 18.3 Å². The molecular weight excluding hydrogens is 347 g/mol. The van der Waals surface area contributed by atoms with Gasteiger partial charge in [0.05, 0.1) is 5.56 Å². The van der Waals surface area contributed by atoms with Crippen LogP contribution in [0.25, 0.3) is 11.1 Å². The second-order valence-electron chi connectivity index (χ2n) is 5.93. The van der Waals surface area contributed by atoms with E-state index in [-0.39, 0.29) is 11.4 Å². The van der Waals surface area contributed by atoms with Crippen LogP contribution in [0.15, 0.2) is 48.5 Å². The van der Waals surface area contributed by atoms with Crippen LogP contribution < -0.4 is 4.74 Å². The summed E-state index contributed by atoms with van der Waals surface area (Å²) < 4.78 is 20.8. The van der Waals surface area contributed by atoms with Crippen LogP contribution >= 0.6 is 0 Å². The maximum absolute atomic E-state index is 13.7. The molecule has 0 bridgehead atoms. The van der Waals surface area contributed by atoms with Crippen LogP contribution in [-0.4, -0.2) is 15.6 Å². The molecule has 0 saturated heterocycles. The van der Waals surface area contributed by atoms with Crippen LogP contribution in [0.1, 0.15) is 28.7 Å². The summed E-state index contributed by atoms with van der Waals surface area (Å²) in [6, 6.07) is 14.8. The number of nitriles is 1. The van der Waals surface area contributed by atoms with E-state index in [0.717, 1.165) is 0 Å². The van der Waals surface area contributed by atoms with Crippen molar-refractivity contribution in [3.05, 3.63) is 71.3 Å². The number of hydrogen-bond donors (Lipinski definition) is 1. The molecule has 0 amide bonds. The van der Waals surface area contributed by atoms with Gasteiger partial charge in [-0.25, -0.2) is 9.18 Å². The maximum Gasteiger partial charge on any atom is 0.353 e. The van der Waals surface area contributed by atoms with Gasteiger partial charge in [0.1, 0.15) is 17.5 Å². The zero-order valence-electron chi connectivity index (χ0n) is 14.9. The van der Waals surface area contributed by atoms with Crippen LogP contribution in [0.2, 0.25) is 0 Å². The quantitative estimate of drug-likeness (QED) is 0.708. The molecule has 0 saturated carbocycles. The van der Waals surface area contributed by atoms with Crippen molar-refractivity contribution in [3.8, 4) is 28.7 Å². The second kappa shape index (κ2) is 7.34. The van der Waals surface area contributed by atoms with Gasteiger partial charge in [0.25, 0.3) is 0 Å². The molecule has 136 valence electrons. The molecule has 0 aliphatic carbocycles. The fraction of sp³-hybridized carbons (Fsp3) is 0.143. The molecule has 2 aromatic carbocycles. The number of nitrogens with zero attached hydrogens (tertiary/aromatic N) is 2. The van der Waals surface area contributed by atoms with Gasteiger partial charge >= 0.3 is 5.97 Å². The van der Waals surface area contributed by atoms with Crippen LogP contribution in [0.4, 0.5) is 4.39 Å². The Morgan fingerprint density at radius 1 is 1.22 bits per heavy atom. The van der Waals surface area contributed by atoms with E-state index in [1.165, 1.54) is 12.1 Å². The molecule has 3 aromatic rings. The summed E-state index contributed by atoms with van der Waals surface area (Å²) in [5.41, 5.74) is 2.03. The minimum absolute atomic E-state index is 0.0613. The molecule has 0 radical (unpaired) electrons. The summed E-state index contributed by atoms with van der Waals surface area (Å²) in [5, 5.41) is 19.2. The van der Waals surface area contributed by atoms with Crippen molar-refractivity contribution in [2.75, 3.05) is 0 Å². The Morgan fingerprint density at radius 3 is 2.44 bits per heavy atom. The lowest BCUT2D eigenvalue weighted by Gasteiger charge is -2.08. The van der Waals surface area contributed by atoms with Gasteiger partial charge in [0.2, 0.25) is 0 Å². The van der Waals surface area contributed by atoms with Gasteiger partial charge in [-0.1, -0.05) is 31.2 Å². The van der Waals surface area contributed by atoms with E-state index in [1.54, 1.807) is 48.0 Å². The summed E-state index contributed by atoms with van der Waals surface area (Å²) in [4.78, 5) is 11.8. The standard InChI is InChI=1S/C21H17FN2O3/c1-3-17-15(12-23)19(20(21(25)26)24(17)2)13-8-10-14(11-9-13)27-18-7-5-4-6-16(18)22/h4-11H,3H2,1-2H3,(H,25,26). The number of carboxylic acids is 1. The van der Waals surface area contributed by atoms with E-state index < -0.39 is 11.8 Å². The monoisotopic (exact) mass is 364 g/mol. The first-order valence-electron chi connectivity index (χ1n) is 8.35. The Morgan fingerprint density at radius 2 is 1.89 bits per heavy atom. The lowest BCUT2D eigenvalue weighted by Crippen LogP contribution is -2.07. The number of para-hydroxylation sites is 1. The number of ether oxygens (including phenoxy) is 1. The first kappa shape index (κ1) is 18.2. The average Bonchev–Trinajstić information content (AvgIpc) is 2.95. The number of halogens is 1. The molecule has 6 heteroatoms. The van der Waals surface area contributed by atoms with Gasteiger partial charge < -0.3 is 14.4 Å². The highest BCUT2D eigenvalue weighted by Gasteiger charge is 2.25. The third-order valence-electron chi connectivity index (χ3n) is 4.37. The fourth-order valence-electron chi connectivity index (χ4n) is 3.14. The smallest absolute Gasteiger partial charge is 0.353 e. The summed E-state index contributed by atoms with van der Waals surface area (Å²) in [6.45, 7) is 1.87. The molecular formula is C21H17FN2O3. The van der Waals surface area contributed by atoms with Crippen LogP contribution in [-0.2, 0) is 13.5 Å². The molecule has 0 fully saturated rings. The SMILES string of the molecule is CCc1c(C#N)c(-c2ccc(Oc3ccccc3F)cc2)c(C(=O)O)n1C. The molecule has 0 aliphatic rings. The van der Waals surface area contributed by atoms with Gasteiger partial charge in [-0.3, -0.25) is 0 Å². The third kappa shape index (κ3) is 3.27. The Bertz CT molecular complexity index is 1050. The molecule has 1 aromatic heterocycles. The van der Waals surface area contributed by atoms with Crippen molar-refractivity contribution in [2.24, 2.45) is 7.05 Å². The first-order chi connectivity index (χ1) is 13.0. The predicted molar refractivity (Wildman–Crippen MR) is 98.4 cm³/mol. The first-order valence-corrected chi connectivity index (χ1v) is 8.35. The molecule has 5 nitrogen and oxygen atoms in total. The van der Waals surface area contributed by atoms with Crippen molar-refractivity contribution in [2.45, 2.75) is 13.3 Å². The van der Waals surface area contributed by atoms with Crippen molar-refractivity contribution >= 4 is 5.97 Å². The van der Waals surface area contributed by atoms with Crippen LogP contribution in [0, 0.1) is 17.1 Å². The van der Waals surface area contributed by atoms with Gasteiger partial charge in [0.15, 0.2) is 11.6 Å². The molecule has 0 aliphatic heterocycles. The summed E-state index contributed by atoms with van der Waals surface area (Å²) in [7, 11) is 1.64. The van der Waals surface area contributed by atoms with Crippen LogP contribution in [0.5, 0.6) is 11.5 Å². The highest BCUT2D eigenvalue weighted by molar-refractivity contribution is 5.97. The van der Waals surface area contributed by atoms with Crippen molar-refractivity contribution < 1.29 is 19.0 Å². The molecule has 1 N–H and O–H groups in total. The summed E-state index contributed by atoms with van der Waals surface area (Å²) in [6.07, 6.45) is 0.536. The largest absolute Gasteiger partial charge is 0.477 e. The highest BCUT2D eigenvalue weighted by Crippen LogP contribution is 2.34. The lowest BCUT2D eigenvalue weighted by atomic mass is 10.00. The Balaban J connectivity index is 2.04. The minimum atomic E-state index is -1.10. The van der Waals surface area contributed by atoms with E-state index in [4.69, 9.17) is 4.74 Å². The average molecular weight is 364 g/mol. The molecule has 27 heavy (non-hydrogen) atoms. The number of benzene rings is 2. The highest BCUT2D eigenvalue weighted by atomic mass is 19.1.